The summed E-state index contributed by atoms with van der Waals surface area (Å²) in [6.07, 6.45) is 10.2. The molecule has 10 heteroatoms. The van der Waals surface area contributed by atoms with Crippen molar-refractivity contribution in [1.82, 2.24) is 5.32 Å². The highest BCUT2D eigenvalue weighted by Crippen LogP contribution is 2.70. The Balaban J connectivity index is 0.950. The third-order valence-electron chi connectivity index (χ3n) is 15.1. The Kier molecular flexibility index (Phi) is 10.0. The van der Waals surface area contributed by atoms with E-state index in [0.717, 1.165) is 50.7 Å². The minimum absolute atomic E-state index is 0.0909. The topological polar surface area (TPSA) is 127 Å². The van der Waals surface area contributed by atoms with Crippen LogP contribution in [0.5, 0.6) is 0 Å². The van der Waals surface area contributed by atoms with Gasteiger partial charge >= 0.3 is 0 Å². The number of allylic oxidation sites excluding steroid dienone is 1. The van der Waals surface area contributed by atoms with Crippen molar-refractivity contribution >= 4 is 23.6 Å². The Bertz CT molecular complexity index is 1560. The molecule has 16 atom stereocenters. The van der Waals surface area contributed by atoms with Gasteiger partial charge in [0.15, 0.2) is 12.1 Å². The van der Waals surface area contributed by atoms with Crippen molar-refractivity contribution in [3.05, 3.63) is 52.6 Å². The standard InChI is InChI=1S/C42H58ClNO8/c1-23-12-17-42(49-22-23)24(2)35-32(52-42)20-31-29-10-9-26-19-28(13-15-40(26,3)30(29)14-16-41(31,35)4)50-39-36(38(48)37(47)33(21-45)51-39)44-34(46)11-8-25-6-5-7-27(43)18-25/h5-9,11,18,23-24,28-33,35-39,45,47-48H,10,12-17,19-22H2,1-4H3,(H,44,46)/b11-8+/t23-,24+,28+,29-,30+,31+,32+,33-,35+,36-,37-,38-,39-,40+,41+,42-/m1/s1. The second-order valence-electron chi connectivity index (χ2n) is 17.9. The molecule has 1 spiro atoms. The molecule has 0 radical (unpaired) electrons. The number of fused-ring (bicyclic) bond motifs is 7. The van der Waals surface area contributed by atoms with Gasteiger partial charge in [0.1, 0.15) is 24.4 Å². The van der Waals surface area contributed by atoms with Crippen molar-refractivity contribution in [2.24, 2.45) is 46.3 Å². The summed E-state index contributed by atoms with van der Waals surface area (Å²) >= 11 is 6.09. The fraction of sp³-hybridized carbons (Fsp3) is 0.738. The zero-order chi connectivity index (χ0) is 36.6. The lowest BCUT2D eigenvalue weighted by Gasteiger charge is -2.58. The molecular formula is C42H58ClNO8. The van der Waals surface area contributed by atoms with Gasteiger partial charge in [-0.05, 0) is 116 Å². The molecule has 3 saturated heterocycles. The van der Waals surface area contributed by atoms with Gasteiger partial charge in [-0.15, -0.1) is 0 Å². The predicted molar refractivity (Wildman–Crippen MR) is 197 cm³/mol. The van der Waals surface area contributed by atoms with Crippen LogP contribution in [0, 0.1) is 46.3 Å². The zero-order valence-corrected chi connectivity index (χ0v) is 31.8. The number of hydrogen-bond donors (Lipinski definition) is 4. The number of amides is 1. The molecule has 3 heterocycles. The molecule has 286 valence electrons. The fourth-order valence-corrected chi connectivity index (χ4v) is 12.5. The van der Waals surface area contributed by atoms with Crippen molar-refractivity contribution < 1.29 is 39.1 Å². The van der Waals surface area contributed by atoms with E-state index in [1.54, 1.807) is 24.3 Å². The summed E-state index contributed by atoms with van der Waals surface area (Å²) in [6.45, 7) is 10.1. The normalized spacial score (nSPS) is 48.5. The number of rotatable bonds is 6. The summed E-state index contributed by atoms with van der Waals surface area (Å²) in [4.78, 5) is 13.0. The van der Waals surface area contributed by atoms with E-state index in [1.165, 1.54) is 30.9 Å². The summed E-state index contributed by atoms with van der Waals surface area (Å²) in [6, 6.07) is 6.10. The molecule has 1 amide bonds. The average Bonchev–Trinajstić information content (AvgIpc) is 3.57. The van der Waals surface area contributed by atoms with E-state index in [9.17, 15) is 20.1 Å². The monoisotopic (exact) mass is 739 g/mol. The lowest BCUT2D eigenvalue weighted by Crippen LogP contribution is -2.65. The lowest BCUT2D eigenvalue weighted by atomic mass is 9.47. The van der Waals surface area contributed by atoms with Crippen LogP contribution in [0.15, 0.2) is 42.0 Å². The van der Waals surface area contributed by atoms with Gasteiger partial charge in [0.25, 0.3) is 0 Å². The molecule has 1 aromatic carbocycles. The predicted octanol–water partition coefficient (Wildman–Crippen LogP) is 6.03. The summed E-state index contributed by atoms with van der Waals surface area (Å²) in [5.74, 6) is 2.59. The van der Waals surface area contributed by atoms with E-state index in [-0.39, 0.29) is 28.8 Å². The zero-order valence-electron chi connectivity index (χ0n) is 31.1. The van der Waals surface area contributed by atoms with E-state index in [2.05, 4.69) is 39.1 Å². The van der Waals surface area contributed by atoms with E-state index in [4.69, 9.17) is 30.5 Å². The van der Waals surface area contributed by atoms with Gasteiger partial charge in [0.2, 0.25) is 5.91 Å². The highest BCUT2D eigenvalue weighted by molar-refractivity contribution is 6.30. The average molecular weight is 740 g/mol. The number of hydrogen-bond acceptors (Lipinski definition) is 8. The third kappa shape index (κ3) is 6.23. The second-order valence-corrected chi connectivity index (χ2v) is 18.3. The SMILES string of the molecule is C[C@@H]1CC[C@@]2(OC1)O[C@H]1C[C@H]3[C@@H]4CC=C5C[C@@H](O[C@@H]6O[C@H](CO)[C@@H](O)[C@H](O)[C@H]6NC(=O)/C=C/c6cccc(Cl)c6)CC[C@]5(C)[C@H]4CC[C@]3(C)[C@H]1[C@@H]2C. The fourth-order valence-electron chi connectivity index (χ4n) is 12.3. The molecule has 0 unspecified atom stereocenters. The van der Waals surface area contributed by atoms with Gasteiger partial charge in [-0.3, -0.25) is 4.79 Å². The number of benzene rings is 1. The molecule has 0 bridgehead atoms. The van der Waals surface area contributed by atoms with Gasteiger partial charge in [-0.2, -0.15) is 0 Å². The molecule has 9 nitrogen and oxygen atoms in total. The number of aliphatic hydroxyl groups excluding tert-OH is 3. The van der Waals surface area contributed by atoms with Crippen LogP contribution in [-0.4, -0.2) is 83.1 Å². The molecule has 0 aromatic heterocycles. The Hall–Kier alpha value is -1.82. The highest BCUT2D eigenvalue weighted by atomic mass is 35.5. The number of aliphatic hydroxyl groups is 3. The van der Waals surface area contributed by atoms with Crippen LogP contribution >= 0.6 is 11.6 Å². The Morgan fingerprint density at radius 2 is 1.92 bits per heavy atom. The molecule has 6 fully saturated rings. The van der Waals surface area contributed by atoms with Crippen LogP contribution in [0.3, 0.4) is 0 Å². The maximum absolute atomic E-state index is 13.0. The molecule has 3 aliphatic heterocycles. The lowest BCUT2D eigenvalue weighted by molar-refractivity contribution is -0.284. The first kappa shape index (κ1) is 37.1. The number of ether oxygens (including phenoxy) is 4. The highest BCUT2D eigenvalue weighted by Gasteiger charge is 2.68. The first-order chi connectivity index (χ1) is 24.8. The minimum atomic E-state index is -1.39. The van der Waals surface area contributed by atoms with Crippen molar-refractivity contribution in [2.75, 3.05) is 13.2 Å². The molecular weight excluding hydrogens is 682 g/mol. The Morgan fingerprint density at radius 1 is 1.10 bits per heavy atom. The van der Waals surface area contributed by atoms with Gasteiger partial charge in [0, 0.05) is 23.4 Å². The van der Waals surface area contributed by atoms with Crippen molar-refractivity contribution in [3.63, 3.8) is 0 Å². The largest absolute Gasteiger partial charge is 0.394 e. The molecule has 4 aliphatic carbocycles. The Morgan fingerprint density at radius 3 is 2.67 bits per heavy atom. The van der Waals surface area contributed by atoms with Gasteiger partial charge in [0.05, 0.1) is 25.4 Å². The summed E-state index contributed by atoms with van der Waals surface area (Å²) < 4.78 is 26.1. The molecule has 52 heavy (non-hydrogen) atoms. The quantitative estimate of drug-likeness (QED) is 0.206. The van der Waals surface area contributed by atoms with E-state index >= 15 is 0 Å². The van der Waals surface area contributed by atoms with Gasteiger partial charge in [-0.1, -0.05) is 63.1 Å². The summed E-state index contributed by atoms with van der Waals surface area (Å²) in [5, 5.41) is 35.1. The molecule has 4 N–H and O–H groups in total. The maximum Gasteiger partial charge on any atom is 0.244 e. The molecule has 1 aromatic rings. The number of nitrogens with one attached hydrogen (secondary N) is 1. The van der Waals surface area contributed by atoms with Crippen LogP contribution in [0.4, 0.5) is 0 Å². The first-order valence-corrected chi connectivity index (χ1v) is 20.3. The second kappa shape index (κ2) is 14.0. The summed E-state index contributed by atoms with van der Waals surface area (Å²) in [7, 11) is 0. The van der Waals surface area contributed by atoms with Crippen LogP contribution in [0.25, 0.3) is 6.08 Å². The molecule has 7 aliphatic rings. The minimum Gasteiger partial charge on any atom is -0.394 e. The van der Waals surface area contributed by atoms with Crippen LogP contribution in [0.2, 0.25) is 5.02 Å². The van der Waals surface area contributed by atoms with Crippen molar-refractivity contribution in [1.29, 1.82) is 0 Å². The molecule has 3 saturated carbocycles. The summed E-state index contributed by atoms with van der Waals surface area (Å²) in [5.41, 5.74) is 2.55. The van der Waals surface area contributed by atoms with Gasteiger partial charge < -0.3 is 39.6 Å². The van der Waals surface area contributed by atoms with E-state index < -0.39 is 43.2 Å². The van der Waals surface area contributed by atoms with Crippen LogP contribution < -0.4 is 5.32 Å². The van der Waals surface area contributed by atoms with Crippen molar-refractivity contribution in [2.45, 2.75) is 134 Å². The maximum atomic E-state index is 13.0. The third-order valence-corrected chi connectivity index (χ3v) is 15.4. The van der Waals surface area contributed by atoms with E-state index in [1.807, 2.05) is 6.07 Å². The Labute approximate surface area is 313 Å². The number of carbonyl (C=O) groups excluding carboxylic acids is 1. The van der Waals surface area contributed by atoms with Crippen LogP contribution in [-0.2, 0) is 23.7 Å². The number of carbonyl (C=O) groups is 1. The number of halogens is 1. The smallest absolute Gasteiger partial charge is 0.244 e. The van der Waals surface area contributed by atoms with Gasteiger partial charge in [-0.25, -0.2) is 0 Å². The van der Waals surface area contributed by atoms with E-state index in [0.29, 0.717) is 40.5 Å². The van der Waals surface area contributed by atoms with Crippen molar-refractivity contribution in [3.8, 4) is 0 Å². The van der Waals surface area contributed by atoms with Crippen LogP contribution in [0.1, 0.15) is 91.0 Å². The molecule has 8 rings (SSSR count). The first-order valence-electron chi connectivity index (χ1n) is 19.9.